The van der Waals surface area contributed by atoms with Crippen LogP contribution in [0.1, 0.15) is 37.5 Å². The van der Waals surface area contributed by atoms with Gasteiger partial charge in [-0.15, -0.1) is 0 Å². The van der Waals surface area contributed by atoms with Crippen LogP contribution in [0, 0.1) is 5.82 Å². The normalized spacial score (nSPS) is 15.1. The summed E-state index contributed by atoms with van der Waals surface area (Å²) in [6, 6.07) is 12.8. The average Bonchev–Trinajstić information content (AvgIpc) is 3.59. The predicted molar refractivity (Wildman–Crippen MR) is 152 cm³/mol. The minimum absolute atomic E-state index is 0.107. The molecule has 0 spiro atoms. The van der Waals surface area contributed by atoms with E-state index in [2.05, 4.69) is 16.5 Å². The molecule has 1 fully saturated rings. The number of pyridine rings is 1. The number of hydrogen-bond acceptors (Lipinski definition) is 6. The number of nitrogens with zero attached hydrogens (tertiary/aromatic N) is 3. The summed E-state index contributed by atoms with van der Waals surface area (Å²) in [5, 5.41) is 8.98. The molecule has 2 aromatic carbocycles. The van der Waals surface area contributed by atoms with Gasteiger partial charge in [0, 0.05) is 39.7 Å². The van der Waals surface area contributed by atoms with Crippen molar-refractivity contribution in [3.8, 4) is 28.2 Å². The van der Waals surface area contributed by atoms with Gasteiger partial charge in [-0.25, -0.2) is 9.37 Å². The molecule has 3 N–H and O–H groups in total. The number of piperidine rings is 1. The van der Waals surface area contributed by atoms with Gasteiger partial charge in [0.15, 0.2) is 11.4 Å². The van der Waals surface area contributed by atoms with Crippen molar-refractivity contribution in [2.45, 2.75) is 31.9 Å². The zero-order valence-corrected chi connectivity index (χ0v) is 22.6. The standard InChI is InChI=1S/C29H26Cl2FN5O2/c1-16(23-21(30)7-8-22(32)25(23)31)38-28-27-20(14-35-29(28)33)24(26(39-27)17-5-3-2-4-6-17)18-13-36-37(15-18)19-9-11-34-12-10-19/h2-8,13-16,19,34H,9-12H2,1H3,(H2,33,35). The minimum atomic E-state index is -0.744. The molecule has 1 saturated heterocycles. The van der Waals surface area contributed by atoms with Crippen LogP contribution in [0.4, 0.5) is 10.2 Å². The number of anilines is 1. The summed E-state index contributed by atoms with van der Waals surface area (Å²) in [5.41, 5.74) is 9.64. The van der Waals surface area contributed by atoms with E-state index in [1.165, 1.54) is 12.1 Å². The first-order valence-electron chi connectivity index (χ1n) is 12.7. The number of nitrogens with one attached hydrogen (secondary N) is 1. The highest BCUT2D eigenvalue weighted by Gasteiger charge is 2.27. The Kier molecular flexibility index (Phi) is 6.93. The maximum atomic E-state index is 14.2. The Morgan fingerprint density at radius 3 is 2.64 bits per heavy atom. The van der Waals surface area contributed by atoms with Crippen molar-refractivity contribution in [2.24, 2.45) is 0 Å². The molecule has 1 atom stereocenters. The van der Waals surface area contributed by atoms with Crippen LogP contribution in [0.15, 0.2) is 65.5 Å². The van der Waals surface area contributed by atoms with Crippen LogP contribution in [0.25, 0.3) is 33.4 Å². The van der Waals surface area contributed by atoms with E-state index in [1.54, 1.807) is 13.1 Å². The van der Waals surface area contributed by atoms with Crippen molar-refractivity contribution >= 4 is 40.0 Å². The summed E-state index contributed by atoms with van der Waals surface area (Å²) in [4.78, 5) is 4.42. The molecule has 1 unspecified atom stereocenters. The van der Waals surface area contributed by atoms with Crippen molar-refractivity contribution in [3.63, 3.8) is 0 Å². The third kappa shape index (κ3) is 4.73. The lowest BCUT2D eigenvalue weighted by atomic mass is 10.0. The van der Waals surface area contributed by atoms with Crippen LogP contribution >= 0.6 is 23.2 Å². The second kappa shape index (κ2) is 10.5. The second-order valence-electron chi connectivity index (χ2n) is 9.59. The Labute approximate surface area is 234 Å². The molecular formula is C29H26Cl2FN5O2. The van der Waals surface area contributed by atoms with E-state index >= 15 is 0 Å². The highest BCUT2D eigenvalue weighted by atomic mass is 35.5. The molecule has 200 valence electrons. The molecule has 0 saturated carbocycles. The van der Waals surface area contributed by atoms with Crippen LogP contribution in [0.3, 0.4) is 0 Å². The van der Waals surface area contributed by atoms with Gasteiger partial charge in [-0.3, -0.25) is 4.68 Å². The summed E-state index contributed by atoms with van der Waals surface area (Å²) in [6.45, 7) is 3.65. The van der Waals surface area contributed by atoms with Crippen molar-refractivity contribution in [2.75, 3.05) is 18.8 Å². The molecular weight excluding hydrogens is 540 g/mol. The SMILES string of the molecule is CC(Oc1c(N)ncc2c(-c3cnn(C4CCNCC4)c3)c(-c3ccccc3)oc12)c1c(Cl)ccc(F)c1Cl. The van der Waals surface area contributed by atoms with E-state index in [-0.39, 0.29) is 21.6 Å². The van der Waals surface area contributed by atoms with Crippen LogP contribution in [0.2, 0.25) is 10.0 Å². The van der Waals surface area contributed by atoms with Gasteiger partial charge < -0.3 is 20.2 Å². The lowest BCUT2D eigenvalue weighted by Gasteiger charge is -2.22. The van der Waals surface area contributed by atoms with Gasteiger partial charge in [0.25, 0.3) is 0 Å². The number of benzene rings is 2. The molecule has 6 rings (SSSR count). The van der Waals surface area contributed by atoms with Gasteiger partial charge in [0.2, 0.25) is 5.75 Å². The number of nitrogen functional groups attached to an aromatic ring is 1. The van der Waals surface area contributed by atoms with Gasteiger partial charge in [-0.1, -0.05) is 53.5 Å². The number of ether oxygens (including phenoxy) is 1. The van der Waals surface area contributed by atoms with Gasteiger partial charge in [-0.05, 0) is 45.0 Å². The summed E-state index contributed by atoms with van der Waals surface area (Å²) >= 11 is 12.6. The summed E-state index contributed by atoms with van der Waals surface area (Å²) in [7, 11) is 0. The Morgan fingerprint density at radius 1 is 1.10 bits per heavy atom. The van der Waals surface area contributed by atoms with Crippen LogP contribution in [0.5, 0.6) is 5.75 Å². The highest BCUT2D eigenvalue weighted by molar-refractivity contribution is 6.36. The molecule has 0 aliphatic carbocycles. The lowest BCUT2D eigenvalue weighted by molar-refractivity contribution is 0.227. The summed E-state index contributed by atoms with van der Waals surface area (Å²) in [5.74, 6) is 0.407. The lowest BCUT2D eigenvalue weighted by Crippen LogP contribution is -2.29. The number of nitrogens with two attached hydrogens (primary N) is 1. The smallest absolute Gasteiger partial charge is 0.205 e. The van der Waals surface area contributed by atoms with E-state index in [4.69, 9.17) is 43.2 Å². The Hall–Kier alpha value is -3.59. The number of fused-ring (bicyclic) bond motifs is 1. The Bertz CT molecular complexity index is 1650. The number of rotatable bonds is 6. The van der Waals surface area contributed by atoms with E-state index in [0.717, 1.165) is 42.6 Å². The van der Waals surface area contributed by atoms with Gasteiger partial charge in [0.1, 0.15) is 17.7 Å². The first-order chi connectivity index (χ1) is 18.9. The number of aromatic nitrogens is 3. The second-order valence-corrected chi connectivity index (χ2v) is 10.4. The van der Waals surface area contributed by atoms with Crippen molar-refractivity contribution in [1.29, 1.82) is 0 Å². The average molecular weight is 566 g/mol. The van der Waals surface area contributed by atoms with E-state index in [9.17, 15) is 4.39 Å². The number of hydrogen-bond donors (Lipinski definition) is 2. The van der Waals surface area contributed by atoms with Crippen LogP contribution in [-0.2, 0) is 0 Å². The van der Waals surface area contributed by atoms with Gasteiger partial charge in [0.05, 0.1) is 22.6 Å². The number of furan rings is 1. The maximum absolute atomic E-state index is 14.2. The molecule has 1 aliphatic rings. The van der Waals surface area contributed by atoms with E-state index in [1.807, 2.05) is 41.2 Å². The van der Waals surface area contributed by atoms with Gasteiger partial charge >= 0.3 is 0 Å². The third-order valence-electron chi connectivity index (χ3n) is 7.11. The highest BCUT2D eigenvalue weighted by Crippen LogP contribution is 2.46. The molecule has 0 radical (unpaired) electrons. The molecule has 7 nitrogen and oxygen atoms in total. The maximum Gasteiger partial charge on any atom is 0.205 e. The number of halogens is 3. The van der Waals surface area contributed by atoms with Crippen LogP contribution < -0.4 is 15.8 Å². The minimum Gasteiger partial charge on any atom is -0.478 e. The predicted octanol–water partition coefficient (Wildman–Crippen LogP) is 7.45. The zero-order valence-electron chi connectivity index (χ0n) is 21.1. The fraction of sp³-hybridized carbons (Fsp3) is 0.241. The quantitative estimate of drug-likeness (QED) is 0.208. The summed E-state index contributed by atoms with van der Waals surface area (Å²) < 4.78 is 29.0. The van der Waals surface area contributed by atoms with Crippen LogP contribution in [-0.4, -0.2) is 27.9 Å². The molecule has 5 aromatic rings. The zero-order chi connectivity index (χ0) is 27.1. The monoisotopic (exact) mass is 565 g/mol. The Morgan fingerprint density at radius 2 is 1.87 bits per heavy atom. The first kappa shape index (κ1) is 25.7. The molecule has 10 heteroatoms. The third-order valence-corrected chi connectivity index (χ3v) is 7.82. The summed E-state index contributed by atoms with van der Waals surface area (Å²) in [6.07, 6.45) is 6.86. The molecule has 1 aliphatic heterocycles. The van der Waals surface area contributed by atoms with E-state index < -0.39 is 11.9 Å². The van der Waals surface area contributed by atoms with E-state index in [0.29, 0.717) is 28.3 Å². The van der Waals surface area contributed by atoms with Gasteiger partial charge in [-0.2, -0.15) is 5.10 Å². The Balaban J connectivity index is 1.49. The molecule has 3 aromatic heterocycles. The molecule has 4 heterocycles. The molecule has 39 heavy (non-hydrogen) atoms. The molecule has 0 bridgehead atoms. The molecule has 0 amide bonds. The largest absolute Gasteiger partial charge is 0.478 e. The fourth-order valence-electron chi connectivity index (χ4n) is 5.13. The fourth-order valence-corrected chi connectivity index (χ4v) is 5.81. The first-order valence-corrected chi connectivity index (χ1v) is 13.5. The van der Waals surface area contributed by atoms with Crippen molar-refractivity contribution < 1.29 is 13.5 Å². The topological polar surface area (TPSA) is 91.1 Å². The van der Waals surface area contributed by atoms with Crippen molar-refractivity contribution in [1.82, 2.24) is 20.1 Å². The van der Waals surface area contributed by atoms with Crippen molar-refractivity contribution in [3.05, 3.63) is 82.5 Å².